The number of hydrogen-bond donors (Lipinski definition) is 3. The van der Waals surface area contributed by atoms with E-state index in [1.54, 1.807) is 19.1 Å². The highest BCUT2D eigenvalue weighted by atomic mass is 16.4. The molecule has 0 aromatic carbocycles. The number of aliphatic hydroxyl groups excluding tert-OH is 1. The molecule has 0 aliphatic carbocycles. The van der Waals surface area contributed by atoms with Crippen molar-refractivity contribution in [3.8, 4) is 0 Å². The second-order valence-corrected chi connectivity index (χ2v) is 2.51. The molecule has 0 spiro atoms. The molecule has 3 N–H and O–H groups in total. The van der Waals surface area contributed by atoms with Gasteiger partial charge >= 0.3 is 5.97 Å². The Hall–Kier alpha value is -0.650. The molecule has 1 atom stereocenters. The van der Waals surface area contributed by atoms with E-state index in [1.807, 2.05) is 0 Å². The molecule has 0 aliphatic heterocycles. The van der Waals surface area contributed by atoms with Crippen LogP contribution in [0.3, 0.4) is 0 Å². The van der Waals surface area contributed by atoms with Crippen molar-refractivity contribution >= 4 is 5.97 Å². The van der Waals surface area contributed by atoms with Gasteiger partial charge in [-0.1, -0.05) is 0 Å². The van der Waals surface area contributed by atoms with E-state index in [0.717, 1.165) is 0 Å². The first-order valence-electron chi connectivity index (χ1n) is 3.33. The summed E-state index contributed by atoms with van der Waals surface area (Å²) in [5.74, 6) is -0.988. The lowest BCUT2D eigenvalue weighted by atomic mass is 10.2. The van der Waals surface area contributed by atoms with E-state index in [-0.39, 0.29) is 13.0 Å². The topological polar surface area (TPSA) is 72.8 Å². The van der Waals surface area contributed by atoms with E-state index in [9.17, 15) is 4.79 Å². The molecule has 0 aromatic heterocycles. The normalized spacial score (nSPS) is 13.5. The predicted molar refractivity (Wildman–Crippen MR) is 39.9 cm³/mol. The molecular formula is C6H14N2O3. The number of rotatable bonds is 5. The fraction of sp³-hybridized carbons (Fsp3) is 0.833. The van der Waals surface area contributed by atoms with Crippen LogP contribution in [0.25, 0.3) is 0 Å². The summed E-state index contributed by atoms with van der Waals surface area (Å²) in [5.41, 5.74) is 2.77. The number of nitrogens with one attached hydrogen (secondary N) is 1. The summed E-state index contributed by atoms with van der Waals surface area (Å²) in [5, 5.41) is 18.9. The summed E-state index contributed by atoms with van der Waals surface area (Å²) in [4.78, 5) is 10.1. The van der Waals surface area contributed by atoms with Gasteiger partial charge in [-0.15, -0.1) is 0 Å². The molecule has 0 bridgehead atoms. The summed E-state index contributed by atoms with van der Waals surface area (Å²) >= 11 is 0. The maximum Gasteiger partial charge on any atom is 0.306 e. The van der Waals surface area contributed by atoms with Crippen LogP contribution in [0.5, 0.6) is 0 Å². The molecular weight excluding hydrogens is 148 g/mol. The molecule has 0 heterocycles. The van der Waals surface area contributed by atoms with Crippen molar-refractivity contribution in [2.24, 2.45) is 0 Å². The third-order valence-corrected chi connectivity index (χ3v) is 1.05. The molecule has 0 saturated carbocycles. The van der Waals surface area contributed by atoms with Crippen LogP contribution in [0.1, 0.15) is 6.42 Å². The Bertz CT molecular complexity index is 127. The van der Waals surface area contributed by atoms with Gasteiger partial charge in [-0.3, -0.25) is 15.2 Å². The van der Waals surface area contributed by atoms with Gasteiger partial charge < -0.3 is 10.2 Å². The van der Waals surface area contributed by atoms with Crippen molar-refractivity contribution in [1.82, 2.24) is 10.4 Å². The van der Waals surface area contributed by atoms with E-state index >= 15 is 0 Å². The second kappa shape index (κ2) is 5.06. The highest BCUT2D eigenvalue weighted by molar-refractivity contribution is 5.67. The predicted octanol–water partition coefficient (Wildman–Crippen LogP) is -1.11. The van der Waals surface area contributed by atoms with Crippen LogP contribution < -0.4 is 5.43 Å². The van der Waals surface area contributed by atoms with Gasteiger partial charge in [0.25, 0.3) is 0 Å². The van der Waals surface area contributed by atoms with Gasteiger partial charge in [0.15, 0.2) is 0 Å². The molecule has 0 amide bonds. The van der Waals surface area contributed by atoms with Crippen LogP contribution in [0.15, 0.2) is 0 Å². The summed E-state index contributed by atoms with van der Waals surface area (Å²) in [6, 6.07) is 0. The van der Waals surface area contributed by atoms with Crippen LogP contribution in [-0.4, -0.2) is 47.9 Å². The minimum Gasteiger partial charge on any atom is -0.481 e. The summed E-state index contributed by atoms with van der Waals surface area (Å²) in [6.45, 7) is 0.263. The van der Waals surface area contributed by atoms with Crippen molar-refractivity contribution in [2.75, 3.05) is 20.6 Å². The van der Waals surface area contributed by atoms with Gasteiger partial charge in [0.05, 0.1) is 12.5 Å². The Morgan fingerprint density at radius 1 is 1.64 bits per heavy atom. The van der Waals surface area contributed by atoms with E-state index in [1.165, 1.54) is 0 Å². The third-order valence-electron chi connectivity index (χ3n) is 1.05. The van der Waals surface area contributed by atoms with Gasteiger partial charge in [0.1, 0.15) is 0 Å². The van der Waals surface area contributed by atoms with Crippen LogP contribution in [0.4, 0.5) is 0 Å². The SMILES string of the molecule is CN(C)NCC(O)CC(=O)O. The molecule has 5 nitrogen and oxygen atoms in total. The number of carbonyl (C=O) groups is 1. The summed E-state index contributed by atoms with van der Waals surface area (Å²) in [7, 11) is 3.54. The number of hydrogen-bond acceptors (Lipinski definition) is 4. The lowest BCUT2D eigenvalue weighted by molar-refractivity contribution is -0.139. The molecule has 1 unspecified atom stereocenters. The van der Waals surface area contributed by atoms with Crippen LogP contribution in [0, 0.1) is 0 Å². The molecule has 66 valence electrons. The minimum atomic E-state index is -0.988. The number of aliphatic carboxylic acids is 1. The van der Waals surface area contributed by atoms with Crippen LogP contribution in [0.2, 0.25) is 0 Å². The van der Waals surface area contributed by atoms with E-state index in [4.69, 9.17) is 10.2 Å². The average Bonchev–Trinajstić information content (AvgIpc) is 1.82. The fourth-order valence-electron chi connectivity index (χ4n) is 0.562. The molecule has 11 heavy (non-hydrogen) atoms. The third kappa shape index (κ3) is 7.24. The number of nitrogens with zero attached hydrogens (tertiary/aromatic N) is 1. The smallest absolute Gasteiger partial charge is 0.306 e. The van der Waals surface area contributed by atoms with Crippen molar-refractivity contribution < 1.29 is 15.0 Å². The van der Waals surface area contributed by atoms with Crippen LogP contribution >= 0.6 is 0 Å². The maximum absolute atomic E-state index is 10.1. The molecule has 5 heteroatoms. The Morgan fingerprint density at radius 3 is 2.55 bits per heavy atom. The largest absolute Gasteiger partial charge is 0.481 e. The average molecular weight is 162 g/mol. The standard InChI is InChI=1S/C6H14N2O3/c1-8(2)7-4-5(9)3-6(10)11/h5,7,9H,3-4H2,1-2H3,(H,10,11). The molecule has 0 saturated heterocycles. The zero-order valence-electron chi connectivity index (χ0n) is 6.74. The monoisotopic (exact) mass is 162 g/mol. The van der Waals surface area contributed by atoms with Crippen molar-refractivity contribution in [3.05, 3.63) is 0 Å². The Kier molecular flexibility index (Phi) is 4.76. The van der Waals surface area contributed by atoms with E-state index in [0.29, 0.717) is 0 Å². The number of carboxylic acid groups (broad SMARTS) is 1. The van der Waals surface area contributed by atoms with Gasteiger partial charge in [-0.25, -0.2) is 0 Å². The minimum absolute atomic E-state index is 0.221. The van der Waals surface area contributed by atoms with Gasteiger partial charge in [-0.2, -0.15) is 0 Å². The molecule has 0 rings (SSSR count). The van der Waals surface area contributed by atoms with Crippen molar-refractivity contribution in [2.45, 2.75) is 12.5 Å². The van der Waals surface area contributed by atoms with E-state index in [2.05, 4.69) is 5.43 Å². The van der Waals surface area contributed by atoms with Crippen molar-refractivity contribution in [3.63, 3.8) is 0 Å². The quantitative estimate of drug-likeness (QED) is 0.447. The molecule has 0 radical (unpaired) electrons. The van der Waals surface area contributed by atoms with E-state index < -0.39 is 12.1 Å². The zero-order chi connectivity index (χ0) is 8.85. The first kappa shape index (κ1) is 10.3. The maximum atomic E-state index is 10.1. The first-order valence-corrected chi connectivity index (χ1v) is 3.33. The van der Waals surface area contributed by atoms with Gasteiger partial charge in [0.2, 0.25) is 0 Å². The highest BCUT2D eigenvalue weighted by Gasteiger charge is 2.08. The summed E-state index contributed by atoms with van der Waals surface area (Å²) < 4.78 is 0. The Balaban J connectivity index is 3.37. The zero-order valence-corrected chi connectivity index (χ0v) is 6.74. The van der Waals surface area contributed by atoms with Gasteiger partial charge in [-0.05, 0) is 0 Å². The number of hydrazine groups is 1. The molecule has 0 fully saturated rings. The molecule has 0 aliphatic rings. The Morgan fingerprint density at radius 2 is 2.18 bits per heavy atom. The second-order valence-electron chi connectivity index (χ2n) is 2.51. The van der Waals surface area contributed by atoms with Gasteiger partial charge in [0, 0.05) is 20.6 Å². The lowest BCUT2D eigenvalue weighted by Crippen LogP contribution is -2.37. The van der Waals surface area contributed by atoms with Crippen molar-refractivity contribution in [1.29, 1.82) is 0 Å². The molecule has 0 aromatic rings. The number of carboxylic acids is 1. The first-order chi connectivity index (χ1) is 5.02. The highest BCUT2D eigenvalue weighted by Crippen LogP contribution is 1.88. The Labute approximate surface area is 65.6 Å². The lowest BCUT2D eigenvalue weighted by Gasteiger charge is -2.14. The fourth-order valence-corrected chi connectivity index (χ4v) is 0.562. The van der Waals surface area contributed by atoms with Crippen LogP contribution in [-0.2, 0) is 4.79 Å². The summed E-state index contributed by atoms with van der Waals surface area (Å²) in [6.07, 6.45) is -1.05. The number of aliphatic hydroxyl groups is 1.